The van der Waals surface area contributed by atoms with Crippen LogP contribution in [0.15, 0.2) is 54.6 Å². The summed E-state index contributed by atoms with van der Waals surface area (Å²) >= 11 is 0. The molecule has 0 saturated carbocycles. The van der Waals surface area contributed by atoms with Crippen molar-refractivity contribution >= 4 is 17.9 Å². The first-order chi connectivity index (χ1) is 18.0. The molecule has 0 aliphatic carbocycles. The summed E-state index contributed by atoms with van der Waals surface area (Å²) in [6.45, 7) is 6.74. The monoisotopic (exact) mass is 558 g/mol. The lowest BCUT2D eigenvalue weighted by Gasteiger charge is -2.52. The Morgan fingerprint density at radius 2 is 1.54 bits per heavy atom. The van der Waals surface area contributed by atoms with Gasteiger partial charge in [-0.3, -0.25) is 4.48 Å². The maximum absolute atomic E-state index is 14.4. The quantitative estimate of drug-likeness (QED) is 0.321. The van der Waals surface area contributed by atoms with Crippen LogP contribution in [0.1, 0.15) is 44.4 Å². The van der Waals surface area contributed by atoms with Gasteiger partial charge in [0.1, 0.15) is 13.1 Å². The molecule has 3 rings (SSSR count). The lowest BCUT2D eigenvalue weighted by Crippen LogP contribution is -2.73. The Kier molecular flexibility index (Phi) is 8.48. The second kappa shape index (κ2) is 10.8. The highest BCUT2D eigenvalue weighted by Crippen LogP contribution is 2.54. The van der Waals surface area contributed by atoms with E-state index in [9.17, 15) is 36.2 Å². The number of rotatable bonds is 6. The highest BCUT2D eigenvalue weighted by Gasteiger charge is 2.73. The van der Waals surface area contributed by atoms with E-state index in [2.05, 4.69) is 0 Å². The Morgan fingerprint density at radius 3 is 2.00 bits per heavy atom. The summed E-state index contributed by atoms with van der Waals surface area (Å²) in [5.74, 6) is 0. The van der Waals surface area contributed by atoms with Gasteiger partial charge in [0, 0.05) is 11.3 Å². The second-order valence-electron chi connectivity index (χ2n) is 10.6. The van der Waals surface area contributed by atoms with Crippen molar-refractivity contribution in [3.05, 3.63) is 71.3 Å². The van der Waals surface area contributed by atoms with E-state index in [4.69, 9.17) is 4.74 Å². The first-order valence-electron chi connectivity index (χ1n) is 12.4. The van der Waals surface area contributed by atoms with Crippen LogP contribution in [-0.4, -0.2) is 54.6 Å². The fourth-order valence-corrected chi connectivity index (χ4v) is 5.05. The molecule has 0 N–H and O–H groups in total. The average molecular weight is 559 g/mol. The van der Waals surface area contributed by atoms with Crippen molar-refractivity contribution in [1.29, 1.82) is 0 Å². The Bertz CT molecular complexity index is 1160. The van der Waals surface area contributed by atoms with Gasteiger partial charge in [-0.1, -0.05) is 48.6 Å². The molecule has 2 aromatic rings. The number of benzene rings is 2. The first-order valence-corrected chi connectivity index (χ1v) is 12.4. The molecule has 0 bridgehead atoms. The highest BCUT2D eigenvalue weighted by atomic mass is 19.4. The fraction of sp³-hybridized carbons (Fsp3) is 0.464. The molecule has 214 valence electrons. The molecule has 1 amide bonds. The number of carbonyl (C=O) groups is 1. The smallest absolute Gasteiger partial charge is 0.430 e. The molecule has 5 nitrogen and oxygen atoms in total. The summed E-state index contributed by atoms with van der Waals surface area (Å²) in [5.41, 5.74) is -5.66. The van der Waals surface area contributed by atoms with E-state index in [1.165, 1.54) is 42.5 Å². The summed E-state index contributed by atoms with van der Waals surface area (Å²) in [5, 5.41) is 12.0. The number of carbonyl (C=O) groups excluding carboxylic acids is 1. The predicted octanol–water partition coefficient (Wildman–Crippen LogP) is 6.04. The van der Waals surface area contributed by atoms with Crippen molar-refractivity contribution in [1.82, 2.24) is 0 Å². The number of halogens is 6. The lowest BCUT2D eigenvalue weighted by atomic mass is 9.89. The average Bonchev–Trinajstić information content (AvgIpc) is 2.83. The molecule has 1 fully saturated rings. The van der Waals surface area contributed by atoms with Crippen LogP contribution >= 0.6 is 0 Å². The zero-order valence-electron chi connectivity index (χ0n) is 22.2. The van der Waals surface area contributed by atoms with Crippen LogP contribution in [0.4, 0.5) is 36.8 Å². The molecular formula is C28H32F6N2O3. The van der Waals surface area contributed by atoms with Gasteiger partial charge in [0.05, 0.1) is 25.2 Å². The molecule has 1 aliphatic heterocycles. The summed E-state index contributed by atoms with van der Waals surface area (Å²) in [4.78, 5) is 13.8. The largest absolute Gasteiger partial charge is 0.498 e. The van der Waals surface area contributed by atoms with Gasteiger partial charge in [-0.15, -0.1) is 0 Å². The molecule has 39 heavy (non-hydrogen) atoms. The third-order valence-electron chi connectivity index (χ3n) is 7.35. The Hall–Kier alpha value is -3.05. The van der Waals surface area contributed by atoms with Crippen LogP contribution < -0.4 is 10.0 Å². The van der Waals surface area contributed by atoms with Crippen molar-refractivity contribution in [2.75, 3.05) is 31.1 Å². The van der Waals surface area contributed by atoms with Crippen LogP contribution in [0.25, 0.3) is 6.08 Å². The van der Waals surface area contributed by atoms with Gasteiger partial charge in [-0.25, -0.2) is 0 Å². The molecular weight excluding hydrogens is 526 g/mol. The minimum absolute atomic E-state index is 0.125. The lowest BCUT2D eigenvalue weighted by molar-refractivity contribution is -0.920. The third-order valence-corrected chi connectivity index (χ3v) is 7.35. The van der Waals surface area contributed by atoms with E-state index in [0.717, 1.165) is 12.1 Å². The van der Waals surface area contributed by atoms with E-state index >= 15 is 0 Å². The van der Waals surface area contributed by atoms with Crippen molar-refractivity contribution in [3.63, 3.8) is 0 Å². The predicted molar refractivity (Wildman–Crippen MR) is 134 cm³/mol. The molecule has 1 aliphatic rings. The number of nitrogens with zero attached hydrogens (tertiary/aromatic N) is 2. The molecule has 1 heterocycles. The number of amides is 1. The number of quaternary nitrogens is 1. The van der Waals surface area contributed by atoms with Crippen LogP contribution in [0.5, 0.6) is 0 Å². The van der Waals surface area contributed by atoms with Gasteiger partial charge < -0.3 is 19.5 Å². The number of anilines is 1. The van der Waals surface area contributed by atoms with Crippen molar-refractivity contribution < 1.29 is 45.5 Å². The molecule has 0 unspecified atom stereocenters. The fourth-order valence-electron chi connectivity index (χ4n) is 5.05. The number of alkyl halides is 6. The van der Waals surface area contributed by atoms with Crippen molar-refractivity contribution in [2.45, 2.75) is 57.8 Å². The molecule has 0 aromatic heterocycles. The maximum Gasteiger partial charge on any atom is 0.430 e. The number of hydrogen-bond donors (Lipinski definition) is 0. The number of hydrogen-bond acceptors (Lipinski definition) is 4. The summed E-state index contributed by atoms with van der Waals surface area (Å²) in [6.07, 6.45) is -9.94. The number of ether oxygens (including phenoxy) is 1. The maximum atomic E-state index is 14.4. The van der Waals surface area contributed by atoms with E-state index in [-0.39, 0.29) is 41.8 Å². The van der Waals surface area contributed by atoms with Gasteiger partial charge >= 0.3 is 12.4 Å². The van der Waals surface area contributed by atoms with E-state index in [0.29, 0.717) is 5.69 Å². The molecule has 0 spiro atoms. The molecule has 11 heteroatoms. The Labute approximate surface area is 223 Å². The summed E-state index contributed by atoms with van der Waals surface area (Å²) < 4.78 is 90.7. The number of piperazine rings is 1. The first kappa shape index (κ1) is 30.5. The zero-order chi connectivity index (χ0) is 29.3. The minimum atomic E-state index is -5.82. The van der Waals surface area contributed by atoms with Crippen LogP contribution in [0.3, 0.4) is 0 Å². The summed E-state index contributed by atoms with van der Waals surface area (Å²) in [6, 6.07) is 10.2. The van der Waals surface area contributed by atoms with Crippen LogP contribution in [0, 0.1) is 0 Å². The molecule has 0 atom stereocenters. The van der Waals surface area contributed by atoms with E-state index in [1.54, 1.807) is 38.7 Å². The second-order valence-corrected chi connectivity index (χ2v) is 10.6. The molecule has 1 saturated heterocycles. The Morgan fingerprint density at radius 1 is 0.974 bits per heavy atom. The van der Waals surface area contributed by atoms with Gasteiger partial charge in [-0.2, -0.15) is 26.3 Å². The van der Waals surface area contributed by atoms with Crippen LogP contribution in [-0.2, 0) is 16.9 Å². The molecule has 2 aromatic carbocycles. The highest BCUT2D eigenvalue weighted by molar-refractivity contribution is 5.69. The number of carboxylic acid groups (broad SMARTS) is 1. The van der Waals surface area contributed by atoms with Gasteiger partial charge in [0.15, 0.2) is 0 Å². The molecule has 0 radical (unpaired) electrons. The SMILES string of the molecule is C/C=C\c1cc(C(OCc2ccccc2)(C(F)(F)F)C(F)(F)F)ccc1N1CC[N+](C(=O)[O-])(C(C)(C)C)CC1. The van der Waals surface area contributed by atoms with E-state index in [1.807, 2.05) is 0 Å². The number of allylic oxidation sites excluding steroid dienone is 1. The minimum Gasteiger partial charge on any atom is -0.498 e. The van der Waals surface area contributed by atoms with Gasteiger partial charge in [0.2, 0.25) is 0 Å². The van der Waals surface area contributed by atoms with Gasteiger partial charge in [-0.05, 0) is 51.0 Å². The normalized spacial score (nSPS) is 17.0. The van der Waals surface area contributed by atoms with Crippen molar-refractivity contribution in [3.8, 4) is 0 Å². The van der Waals surface area contributed by atoms with Crippen molar-refractivity contribution in [2.24, 2.45) is 0 Å². The Balaban J connectivity index is 2.06. The summed E-state index contributed by atoms with van der Waals surface area (Å²) in [7, 11) is 0. The topological polar surface area (TPSA) is 52.6 Å². The van der Waals surface area contributed by atoms with Crippen LogP contribution in [0.2, 0.25) is 0 Å². The third kappa shape index (κ3) is 5.65. The van der Waals surface area contributed by atoms with Gasteiger partial charge in [0.25, 0.3) is 11.7 Å². The van der Waals surface area contributed by atoms with E-state index < -0.39 is 41.8 Å². The standard InChI is InChI=1S/C28H32F6N2O3/c1-5-9-21-18-22(12-13-23(21)35-14-16-36(17-15-35,24(37)38)25(2,3)4)26(27(29,30)31,28(32,33)34)39-19-20-10-7-6-8-11-20/h5-13,18H,14-17,19H2,1-4H3/b9-5-. The zero-order valence-corrected chi connectivity index (χ0v) is 22.2.